The zero-order valence-electron chi connectivity index (χ0n) is 11.0. The van der Waals surface area contributed by atoms with Gasteiger partial charge in [0.2, 0.25) is 5.91 Å². The number of hydrogen-bond acceptors (Lipinski definition) is 3. The van der Waals surface area contributed by atoms with Gasteiger partial charge in [0.05, 0.1) is 6.54 Å². The summed E-state index contributed by atoms with van der Waals surface area (Å²) in [6.45, 7) is 1.44. The molecule has 0 radical (unpaired) electrons. The van der Waals surface area contributed by atoms with Gasteiger partial charge in [-0.2, -0.15) is 5.10 Å². The topological polar surface area (TPSA) is 64.2 Å². The number of nitrogens with zero attached hydrogens (tertiary/aromatic N) is 3. The van der Waals surface area contributed by atoms with Crippen molar-refractivity contribution < 1.29 is 4.79 Å². The molecule has 0 bridgehead atoms. The molecule has 0 aliphatic heterocycles. The largest absolute Gasteiger partial charge is 0.344 e. The molecule has 0 spiro atoms. The van der Waals surface area contributed by atoms with Gasteiger partial charge in [0.15, 0.2) is 0 Å². The van der Waals surface area contributed by atoms with Crippen molar-refractivity contribution in [3.05, 3.63) is 18.5 Å². The number of rotatable bonds is 5. The molecule has 100 valence electrons. The van der Waals surface area contributed by atoms with E-state index in [1.54, 1.807) is 11.1 Å². The number of aromatic nitrogens is 2. The first-order valence-corrected chi connectivity index (χ1v) is 6.64. The molecule has 1 saturated carbocycles. The second kappa shape index (κ2) is 6.00. The van der Waals surface area contributed by atoms with Crippen molar-refractivity contribution in [2.45, 2.75) is 38.3 Å². The van der Waals surface area contributed by atoms with Crippen molar-refractivity contribution >= 4 is 5.91 Å². The molecule has 18 heavy (non-hydrogen) atoms. The van der Waals surface area contributed by atoms with Crippen molar-refractivity contribution in [3.63, 3.8) is 0 Å². The third kappa shape index (κ3) is 3.32. The maximum Gasteiger partial charge on any atom is 0.222 e. The standard InChI is InChI=1S/C13H22N4O/c1-16(8-9-17-7-3-6-15-17)13(18)10-11-4-2-5-12(11)14/h3,6-7,11-12H,2,4-5,8-10,14H2,1H3/t11-,12+/m0/s1. The molecule has 1 fully saturated rings. The lowest BCUT2D eigenvalue weighted by Gasteiger charge is -2.21. The van der Waals surface area contributed by atoms with Crippen LogP contribution in [0.5, 0.6) is 0 Å². The maximum atomic E-state index is 12.0. The smallest absolute Gasteiger partial charge is 0.222 e. The average Bonchev–Trinajstić information content (AvgIpc) is 2.99. The highest BCUT2D eigenvalue weighted by atomic mass is 16.2. The molecule has 1 heterocycles. The Morgan fingerprint density at radius 3 is 3.00 bits per heavy atom. The van der Waals surface area contributed by atoms with Gasteiger partial charge in [-0.3, -0.25) is 9.48 Å². The molecule has 1 aliphatic carbocycles. The molecule has 2 rings (SSSR count). The Morgan fingerprint density at radius 2 is 2.39 bits per heavy atom. The van der Waals surface area contributed by atoms with E-state index in [1.165, 1.54) is 0 Å². The van der Waals surface area contributed by atoms with Crippen LogP contribution in [-0.4, -0.2) is 40.2 Å². The van der Waals surface area contributed by atoms with E-state index < -0.39 is 0 Å². The van der Waals surface area contributed by atoms with E-state index in [9.17, 15) is 4.79 Å². The van der Waals surface area contributed by atoms with Crippen LogP contribution in [0.2, 0.25) is 0 Å². The normalized spacial score (nSPS) is 23.2. The van der Waals surface area contributed by atoms with Crippen molar-refractivity contribution in [1.82, 2.24) is 14.7 Å². The lowest BCUT2D eigenvalue weighted by Crippen LogP contribution is -2.34. The van der Waals surface area contributed by atoms with E-state index in [2.05, 4.69) is 5.10 Å². The Labute approximate surface area is 108 Å². The van der Waals surface area contributed by atoms with Gasteiger partial charge in [0.1, 0.15) is 0 Å². The number of carbonyl (C=O) groups excluding carboxylic acids is 1. The summed E-state index contributed by atoms with van der Waals surface area (Å²) < 4.78 is 1.84. The van der Waals surface area contributed by atoms with E-state index in [0.29, 0.717) is 18.9 Å². The van der Waals surface area contributed by atoms with Gasteiger partial charge < -0.3 is 10.6 Å². The summed E-state index contributed by atoms with van der Waals surface area (Å²) in [5.74, 6) is 0.578. The highest BCUT2D eigenvalue weighted by molar-refractivity contribution is 5.76. The van der Waals surface area contributed by atoms with Gasteiger partial charge in [-0.25, -0.2) is 0 Å². The minimum atomic E-state index is 0.199. The third-order valence-electron chi connectivity index (χ3n) is 3.80. The van der Waals surface area contributed by atoms with E-state index >= 15 is 0 Å². The summed E-state index contributed by atoms with van der Waals surface area (Å²) in [6, 6.07) is 2.10. The van der Waals surface area contributed by atoms with Gasteiger partial charge in [-0.1, -0.05) is 6.42 Å². The molecule has 2 atom stereocenters. The fourth-order valence-electron chi connectivity index (χ4n) is 2.51. The molecule has 1 aromatic rings. The average molecular weight is 250 g/mol. The van der Waals surface area contributed by atoms with Crippen LogP contribution < -0.4 is 5.73 Å². The fourth-order valence-corrected chi connectivity index (χ4v) is 2.51. The highest BCUT2D eigenvalue weighted by Gasteiger charge is 2.26. The first-order valence-electron chi connectivity index (χ1n) is 6.64. The second-order valence-electron chi connectivity index (χ2n) is 5.14. The van der Waals surface area contributed by atoms with Crippen LogP contribution in [0.1, 0.15) is 25.7 Å². The first kappa shape index (κ1) is 13.1. The molecule has 5 heteroatoms. The van der Waals surface area contributed by atoms with Crippen LogP contribution in [0, 0.1) is 5.92 Å². The summed E-state index contributed by atoms with van der Waals surface area (Å²) in [6.07, 6.45) is 7.58. The number of hydrogen-bond donors (Lipinski definition) is 1. The van der Waals surface area contributed by atoms with E-state index in [-0.39, 0.29) is 11.9 Å². The van der Waals surface area contributed by atoms with Gasteiger partial charge in [-0.05, 0) is 24.8 Å². The molecule has 5 nitrogen and oxygen atoms in total. The minimum absolute atomic E-state index is 0.199. The fraction of sp³-hybridized carbons (Fsp3) is 0.692. The van der Waals surface area contributed by atoms with Crippen molar-refractivity contribution in [2.24, 2.45) is 11.7 Å². The number of likely N-dealkylation sites (N-methyl/N-ethyl adjacent to an activating group) is 1. The van der Waals surface area contributed by atoms with Crippen molar-refractivity contribution in [3.8, 4) is 0 Å². The van der Waals surface area contributed by atoms with E-state index in [4.69, 9.17) is 5.73 Å². The lowest BCUT2D eigenvalue weighted by molar-refractivity contribution is -0.131. The molecule has 0 unspecified atom stereocenters. The van der Waals surface area contributed by atoms with Crippen LogP contribution in [0.15, 0.2) is 18.5 Å². The lowest BCUT2D eigenvalue weighted by atomic mass is 9.99. The number of carbonyl (C=O) groups is 1. The quantitative estimate of drug-likeness (QED) is 0.843. The van der Waals surface area contributed by atoms with E-state index in [1.807, 2.05) is 24.0 Å². The Balaban J connectivity index is 1.74. The Bertz CT molecular complexity index is 376. The molecular weight excluding hydrogens is 228 g/mol. The highest BCUT2D eigenvalue weighted by Crippen LogP contribution is 2.27. The zero-order valence-corrected chi connectivity index (χ0v) is 11.0. The minimum Gasteiger partial charge on any atom is -0.344 e. The Kier molecular flexibility index (Phi) is 4.36. The predicted molar refractivity (Wildman–Crippen MR) is 69.8 cm³/mol. The van der Waals surface area contributed by atoms with Crippen LogP contribution in [-0.2, 0) is 11.3 Å². The first-order chi connectivity index (χ1) is 8.66. The van der Waals surface area contributed by atoms with Gasteiger partial charge >= 0.3 is 0 Å². The molecule has 1 amide bonds. The third-order valence-corrected chi connectivity index (χ3v) is 3.80. The summed E-state index contributed by atoms with van der Waals surface area (Å²) in [5, 5.41) is 4.12. The molecule has 0 aromatic carbocycles. The second-order valence-corrected chi connectivity index (χ2v) is 5.14. The summed E-state index contributed by atoms with van der Waals surface area (Å²) >= 11 is 0. The van der Waals surface area contributed by atoms with Crippen molar-refractivity contribution in [2.75, 3.05) is 13.6 Å². The number of amides is 1. The molecule has 0 saturated heterocycles. The summed E-state index contributed by atoms with van der Waals surface area (Å²) in [5.41, 5.74) is 5.99. The molecular formula is C13H22N4O. The molecule has 2 N–H and O–H groups in total. The Hall–Kier alpha value is -1.36. The van der Waals surface area contributed by atoms with Crippen LogP contribution in [0.3, 0.4) is 0 Å². The van der Waals surface area contributed by atoms with Crippen LogP contribution >= 0.6 is 0 Å². The summed E-state index contributed by atoms with van der Waals surface area (Å²) in [7, 11) is 1.85. The monoisotopic (exact) mass is 250 g/mol. The van der Waals surface area contributed by atoms with Crippen molar-refractivity contribution in [1.29, 1.82) is 0 Å². The van der Waals surface area contributed by atoms with Crippen LogP contribution in [0.4, 0.5) is 0 Å². The Morgan fingerprint density at radius 1 is 1.56 bits per heavy atom. The maximum absolute atomic E-state index is 12.0. The zero-order chi connectivity index (χ0) is 13.0. The predicted octanol–water partition coefficient (Wildman–Crippen LogP) is 0.859. The molecule has 1 aliphatic rings. The summed E-state index contributed by atoms with van der Waals surface area (Å²) in [4.78, 5) is 13.8. The van der Waals surface area contributed by atoms with Crippen LogP contribution in [0.25, 0.3) is 0 Å². The molecule has 1 aromatic heterocycles. The van der Waals surface area contributed by atoms with Gasteiger partial charge in [-0.15, -0.1) is 0 Å². The van der Waals surface area contributed by atoms with E-state index in [0.717, 1.165) is 25.8 Å². The van der Waals surface area contributed by atoms with Gasteiger partial charge in [0, 0.05) is 38.4 Å². The van der Waals surface area contributed by atoms with Gasteiger partial charge in [0.25, 0.3) is 0 Å². The number of nitrogens with two attached hydrogens (primary N) is 1. The SMILES string of the molecule is CN(CCn1cccn1)C(=O)C[C@@H]1CCC[C@H]1N.